The maximum absolute atomic E-state index is 13.1. The maximum atomic E-state index is 13.1. The number of amides is 2. The highest BCUT2D eigenvalue weighted by molar-refractivity contribution is 5.91. The van der Waals surface area contributed by atoms with Crippen molar-refractivity contribution in [1.29, 1.82) is 0 Å². The standard InChI is InChI=1S/C28H37N3O8/c1-36-24-9-8-21(17-25(24)39-19-20-6-4-3-5-7-20)16-23(28(35)37-2)30-27(34)22(10-13-32)29-26(33)18-31-11-14-38-15-12-31/h3-9,17,22-23,32H,10-16,18-19H2,1-2H3,(H,29,33)(H,30,34)/t22-,23-/m0/s1. The van der Waals surface area contributed by atoms with Gasteiger partial charge in [0.2, 0.25) is 11.8 Å². The van der Waals surface area contributed by atoms with E-state index >= 15 is 0 Å². The second kappa shape index (κ2) is 15.7. The highest BCUT2D eigenvalue weighted by Crippen LogP contribution is 2.29. The number of methoxy groups -OCH3 is 2. The molecule has 0 bridgehead atoms. The van der Waals surface area contributed by atoms with Gasteiger partial charge in [0.05, 0.1) is 34.0 Å². The molecule has 0 radical (unpaired) electrons. The van der Waals surface area contributed by atoms with E-state index in [0.717, 1.165) is 5.56 Å². The van der Waals surface area contributed by atoms with Crippen molar-refractivity contribution in [1.82, 2.24) is 15.5 Å². The number of ether oxygens (including phenoxy) is 4. The van der Waals surface area contributed by atoms with Gasteiger partial charge in [0.15, 0.2) is 11.5 Å². The molecule has 1 heterocycles. The molecule has 2 aromatic rings. The summed E-state index contributed by atoms with van der Waals surface area (Å²) in [5, 5.41) is 14.8. The fourth-order valence-corrected chi connectivity index (χ4v) is 4.14. The number of hydrogen-bond donors (Lipinski definition) is 3. The SMILES string of the molecule is COC(=O)[C@H](Cc1ccc(OC)c(OCc2ccccc2)c1)NC(=O)[C@H](CCO)NC(=O)CN1CCOCC1. The smallest absolute Gasteiger partial charge is 0.328 e. The number of aliphatic hydroxyl groups is 1. The molecule has 0 spiro atoms. The van der Waals surface area contributed by atoms with Crippen molar-refractivity contribution in [2.24, 2.45) is 0 Å². The van der Waals surface area contributed by atoms with Crippen molar-refractivity contribution < 1.29 is 38.4 Å². The molecule has 11 nitrogen and oxygen atoms in total. The van der Waals surface area contributed by atoms with Crippen LogP contribution in [-0.4, -0.2) is 93.5 Å². The minimum atomic E-state index is -1.03. The van der Waals surface area contributed by atoms with Gasteiger partial charge >= 0.3 is 5.97 Å². The van der Waals surface area contributed by atoms with E-state index in [9.17, 15) is 19.5 Å². The van der Waals surface area contributed by atoms with Crippen LogP contribution in [0.5, 0.6) is 11.5 Å². The van der Waals surface area contributed by atoms with Crippen LogP contribution in [0.2, 0.25) is 0 Å². The molecule has 39 heavy (non-hydrogen) atoms. The lowest BCUT2D eigenvalue weighted by Gasteiger charge is -2.27. The minimum Gasteiger partial charge on any atom is -0.493 e. The van der Waals surface area contributed by atoms with E-state index < -0.39 is 24.0 Å². The first-order valence-electron chi connectivity index (χ1n) is 12.9. The van der Waals surface area contributed by atoms with Crippen molar-refractivity contribution >= 4 is 17.8 Å². The number of benzene rings is 2. The van der Waals surface area contributed by atoms with Crippen molar-refractivity contribution in [2.45, 2.75) is 31.5 Å². The Labute approximate surface area is 228 Å². The van der Waals surface area contributed by atoms with Crippen LogP contribution in [-0.2, 0) is 36.9 Å². The average molecular weight is 544 g/mol. The minimum absolute atomic E-state index is 0.00537. The Morgan fingerprint density at radius 1 is 0.974 bits per heavy atom. The molecule has 0 aliphatic carbocycles. The largest absolute Gasteiger partial charge is 0.493 e. The summed E-state index contributed by atoms with van der Waals surface area (Å²) in [6.45, 7) is 2.43. The second-order valence-electron chi connectivity index (χ2n) is 9.07. The normalized spacial score (nSPS) is 15.1. The Morgan fingerprint density at radius 2 is 1.72 bits per heavy atom. The van der Waals surface area contributed by atoms with E-state index in [-0.39, 0.29) is 31.9 Å². The summed E-state index contributed by atoms with van der Waals surface area (Å²) in [5.74, 6) is -0.575. The Kier molecular flexibility index (Phi) is 12.0. The molecule has 3 N–H and O–H groups in total. The topological polar surface area (TPSA) is 136 Å². The molecular formula is C28H37N3O8. The third-order valence-corrected chi connectivity index (χ3v) is 6.25. The number of nitrogens with one attached hydrogen (secondary N) is 2. The van der Waals surface area contributed by atoms with Crippen molar-refractivity contribution in [3.05, 3.63) is 59.7 Å². The number of carbonyl (C=O) groups is 3. The van der Waals surface area contributed by atoms with Crippen LogP contribution < -0.4 is 20.1 Å². The number of nitrogens with zero attached hydrogens (tertiary/aromatic N) is 1. The highest BCUT2D eigenvalue weighted by atomic mass is 16.5. The summed E-state index contributed by atoms with van der Waals surface area (Å²) >= 11 is 0. The van der Waals surface area contributed by atoms with Gasteiger partial charge in [-0.25, -0.2) is 4.79 Å². The molecule has 2 amide bonds. The molecule has 0 unspecified atom stereocenters. The Morgan fingerprint density at radius 3 is 2.38 bits per heavy atom. The molecule has 1 aliphatic rings. The molecule has 0 saturated carbocycles. The highest BCUT2D eigenvalue weighted by Gasteiger charge is 2.28. The van der Waals surface area contributed by atoms with Gasteiger partial charge in [-0.15, -0.1) is 0 Å². The molecule has 1 fully saturated rings. The first-order valence-corrected chi connectivity index (χ1v) is 12.9. The number of rotatable bonds is 14. The molecule has 11 heteroatoms. The van der Waals surface area contributed by atoms with Gasteiger partial charge in [-0.05, 0) is 29.7 Å². The number of morpholine rings is 1. The summed E-state index contributed by atoms with van der Waals surface area (Å²) < 4.78 is 21.6. The van der Waals surface area contributed by atoms with Crippen LogP contribution in [0.25, 0.3) is 0 Å². The summed E-state index contributed by atoms with van der Waals surface area (Å²) in [7, 11) is 2.77. The first kappa shape index (κ1) is 29.9. The lowest BCUT2D eigenvalue weighted by molar-refractivity contribution is -0.145. The van der Waals surface area contributed by atoms with Crippen LogP contribution >= 0.6 is 0 Å². The van der Waals surface area contributed by atoms with Gasteiger partial charge in [0, 0.05) is 26.1 Å². The fourth-order valence-electron chi connectivity index (χ4n) is 4.14. The first-order chi connectivity index (χ1) is 18.9. The van der Waals surface area contributed by atoms with E-state index in [1.54, 1.807) is 18.2 Å². The fraction of sp³-hybridized carbons (Fsp3) is 0.464. The molecule has 1 saturated heterocycles. The lowest BCUT2D eigenvalue weighted by Crippen LogP contribution is -2.54. The van der Waals surface area contributed by atoms with Crippen LogP contribution in [0.3, 0.4) is 0 Å². The molecule has 2 atom stereocenters. The van der Waals surface area contributed by atoms with Crippen molar-refractivity contribution in [3.63, 3.8) is 0 Å². The van der Waals surface area contributed by atoms with Crippen LogP contribution in [0.1, 0.15) is 17.5 Å². The Hall–Kier alpha value is -3.67. The monoisotopic (exact) mass is 543 g/mol. The summed E-state index contributed by atoms with van der Waals surface area (Å²) in [5.41, 5.74) is 1.68. The van der Waals surface area contributed by atoms with E-state index in [0.29, 0.717) is 50.0 Å². The Balaban J connectivity index is 1.67. The third-order valence-electron chi connectivity index (χ3n) is 6.25. The third kappa shape index (κ3) is 9.54. The van der Waals surface area contributed by atoms with E-state index in [1.807, 2.05) is 35.2 Å². The second-order valence-corrected chi connectivity index (χ2v) is 9.07. The zero-order valence-electron chi connectivity index (χ0n) is 22.4. The van der Waals surface area contributed by atoms with E-state index in [2.05, 4.69) is 10.6 Å². The Bertz CT molecular complexity index is 1080. The van der Waals surface area contributed by atoms with Gasteiger partial charge in [0.1, 0.15) is 18.7 Å². The van der Waals surface area contributed by atoms with Crippen LogP contribution in [0.4, 0.5) is 0 Å². The quantitative estimate of drug-likeness (QED) is 0.294. The molecule has 0 aromatic heterocycles. The van der Waals surface area contributed by atoms with Gasteiger partial charge < -0.3 is 34.7 Å². The number of hydrogen-bond acceptors (Lipinski definition) is 9. The predicted octanol–water partition coefficient (Wildman–Crippen LogP) is 0.674. The molecule has 1 aliphatic heterocycles. The maximum Gasteiger partial charge on any atom is 0.328 e. The zero-order chi connectivity index (χ0) is 28.0. The van der Waals surface area contributed by atoms with Gasteiger partial charge in [0.25, 0.3) is 0 Å². The number of esters is 1. The number of aliphatic hydroxyl groups excluding tert-OH is 1. The van der Waals surface area contributed by atoms with Gasteiger partial charge in [-0.3, -0.25) is 14.5 Å². The molecule has 2 aromatic carbocycles. The van der Waals surface area contributed by atoms with Crippen LogP contribution in [0.15, 0.2) is 48.5 Å². The van der Waals surface area contributed by atoms with Crippen LogP contribution in [0, 0.1) is 0 Å². The summed E-state index contributed by atoms with van der Waals surface area (Å²) in [6.07, 6.45) is 0.103. The summed E-state index contributed by atoms with van der Waals surface area (Å²) in [6, 6.07) is 12.9. The average Bonchev–Trinajstić information content (AvgIpc) is 2.96. The van der Waals surface area contributed by atoms with Crippen molar-refractivity contribution in [2.75, 3.05) is 53.7 Å². The predicted molar refractivity (Wildman–Crippen MR) is 142 cm³/mol. The lowest BCUT2D eigenvalue weighted by atomic mass is 10.0. The van der Waals surface area contributed by atoms with Gasteiger partial charge in [-0.2, -0.15) is 0 Å². The molecule has 3 rings (SSSR count). The number of carbonyl (C=O) groups excluding carboxylic acids is 3. The van der Waals surface area contributed by atoms with Crippen molar-refractivity contribution in [3.8, 4) is 11.5 Å². The zero-order valence-corrected chi connectivity index (χ0v) is 22.4. The molecule has 212 valence electrons. The van der Waals surface area contributed by atoms with E-state index in [4.69, 9.17) is 18.9 Å². The molecular weight excluding hydrogens is 506 g/mol. The van der Waals surface area contributed by atoms with Gasteiger partial charge in [-0.1, -0.05) is 36.4 Å². The summed E-state index contributed by atoms with van der Waals surface area (Å²) in [4.78, 5) is 40.2. The van der Waals surface area contributed by atoms with E-state index in [1.165, 1.54) is 14.2 Å².